The van der Waals surface area contributed by atoms with Crippen LogP contribution in [0.1, 0.15) is 48.2 Å². The van der Waals surface area contributed by atoms with Crippen molar-refractivity contribution in [1.82, 2.24) is 5.32 Å². The quantitative estimate of drug-likeness (QED) is 0.366. The molecule has 30 heavy (non-hydrogen) atoms. The Balaban J connectivity index is 2.28. The van der Waals surface area contributed by atoms with Crippen LogP contribution < -0.4 is 16.8 Å². The fraction of sp³-hybridized carbons (Fsp3) is 0.286. The summed E-state index contributed by atoms with van der Waals surface area (Å²) >= 11 is 0. The molecular weight excluding hydrogens is 394 g/mol. The monoisotopic (exact) mass is 418 g/mol. The molecule has 2 atom stereocenters. The third kappa shape index (κ3) is 5.25. The predicted molar refractivity (Wildman–Crippen MR) is 108 cm³/mol. The lowest BCUT2D eigenvalue weighted by molar-refractivity contribution is -0.133. The second kappa shape index (κ2) is 10.0. The molecule has 0 aliphatic rings. The number of hydrogen-bond acceptors (Lipinski definition) is 5. The third-order valence-corrected chi connectivity index (χ3v) is 4.49. The summed E-state index contributed by atoms with van der Waals surface area (Å²) < 4.78 is 34.8. The minimum atomic E-state index is -1.56. The van der Waals surface area contributed by atoms with E-state index >= 15 is 0 Å². The highest BCUT2D eigenvalue weighted by Gasteiger charge is 2.30. The molecule has 2 unspecified atom stereocenters. The minimum absolute atomic E-state index is 0.0211. The minimum Gasteiger partial charge on any atom is -0.384 e. The predicted octanol–water partition coefficient (Wildman–Crippen LogP) is 2.23. The average molecular weight is 418 g/mol. The molecule has 2 aromatic rings. The second-order valence-electron chi connectivity index (χ2n) is 6.62. The molecule has 7 nitrogen and oxygen atoms in total. The number of ketones is 1. The summed E-state index contributed by atoms with van der Waals surface area (Å²) in [6.45, 7) is 2.86. The first-order valence-electron chi connectivity index (χ1n) is 9.23. The SMILES string of the molecule is CCOC(C(=O)NCc1ccc(C(=N)N)cc1)c1c(F)ccc(C(N)C(C)=O)c1F. The molecule has 0 saturated heterocycles. The molecule has 1 amide bonds. The van der Waals surface area contributed by atoms with Gasteiger partial charge in [-0.15, -0.1) is 0 Å². The summed E-state index contributed by atoms with van der Waals surface area (Å²) in [5.74, 6) is -3.41. The van der Waals surface area contributed by atoms with Gasteiger partial charge in [0.2, 0.25) is 0 Å². The van der Waals surface area contributed by atoms with Crippen LogP contribution in [0.4, 0.5) is 8.78 Å². The molecule has 9 heteroatoms. The Bertz CT molecular complexity index is 948. The van der Waals surface area contributed by atoms with Gasteiger partial charge in [0.15, 0.2) is 11.9 Å². The summed E-state index contributed by atoms with van der Waals surface area (Å²) in [6, 6.07) is 7.33. The maximum absolute atomic E-state index is 15.0. The molecule has 0 heterocycles. The highest BCUT2D eigenvalue weighted by molar-refractivity contribution is 5.94. The van der Waals surface area contributed by atoms with E-state index in [1.165, 1.54) is 6.92 Å². The van der Waals surface area contributed by atoms with E-state index in [4.69, 9.17) is 21.6 Å². The van der Waals surface area contributed by atoms with Gasteiger partial charge >= 0.3 is 0 Å². The molecule has 0 bridgehead atoms. The Morgan fingerprint density at radius 2 is 1.80 bits per heavy atom. The molecule has 2 aromatic carbocycles. The van der Waals surface area contributed by atoms with E-state index in [0.717, 1.165) is 12.1 Å². The van der Waals surface area contributed by atoms with Gasteiger partial charge < -0.3 is 21.5 Å². The normalized spacial score (nSPS) is 12.8. The van der Waals surface area contributed by atoms with Crippen molar-refractivity contribution in [2.75, 3.05) is 6.61 Å². The number of benzene rings is 2. The molecule has 0 aliphatic heterocycles. The zero-order chi connectivity index (χ0) is 22.4. The molecule has 0 aliphatic carbocycles. The smallest absolute Gasteiger partial charge is 0.254 e. The highest BCUT2D eigenvalue weighted by Crippen LogP contribution is 2.29. The topological polar surface area (TPSA) is 131 Å². The zero-order valence-corrected chi connectivity index (χ0v) is 16.7. The molecular formula is C21H24F2N4O3. The number of amides is 1. The number of hydrogen-bond donors (Lipinski definition) is 4. The van der Waals surface area contributed by atoms with E-state index in [9.17, 15) is 18.4 Å². The third-order valence-electron chi connectivity index (χ3n) is 4.49. The molecule has 0 fully saturated rings. The lowest BCUT2D eigenvalue weighted by atomic mass is 9.97. The summed E-state index contributed by atoms with van der Waals surface area (Å²) in [4.78, 5) is 24.2. The number of nitrogen functional groups attached to an aromatic ring is 1. The van der Waals surface area contributed by atoms with Crippen molar-refractivity contribution in [2.24, 2.45) is 11.5 Å². The fourth-order valence-corrected chi connectivity index (χ4v) is 2.83. The number of carbonyl (C=O) groups is 2. The van der Waals surface area contributed by atoms with E-state index in [1.807, 2.05) is 0 Å². The van der Waals surface area contributed by atoms with Crippen molar-refractivity contribution >= 4 is 17.5 Å². The first-order chi connectivity index (χ1) is 14.2. The van der Waals surface area contributed by atoms with Crippen molar-refractivity contribution in [3.63, 3.8) is 0 Å². The Hall–Kier alpha value is -3.17. The Labute approximate surface area is 172 Å². The van der Waals surface area contributed by atoms with Gasteiger partial charge in [0.05, 0.1) is 11.6 Å². The molecule has 6 N–H and O–H groups in total. The van der Waals surface area contributed by atoms with Gasteiger partial charge in [-0.05, 0) is 25.5 Å². The second-order valence-corrected chi connectivity index (χ2v) is 6.62. The van der Waals surface area contributed by atoms with Crippen LogP contribution in [0.5, 0.6) is 0 Å². The van der Waals surface area contributed by atoms with Gasteiger partial charge in [0, 0.05) is 24.3 Å². The van der Waals surface area contributed by atoms with Crippen LogP contribution in [-0.4, -0.2) is 24.1 Å². The van der Waals surface area contributed by atoms with Gasteiger partial charge in [0.25, 0.3) is 5.91 Å². The summed E-state index contributed by atoms with van der Waals surface area (Å²) in [5, 5.41) is 9.95. The van der Waals surface area contributed by atoms with Crippen LogP contribution >= 0.6 is 0 Å². The van der Waals surface area contributed by atoms with Crippen LogP contribution in [0.25, 0.3) is 0 Å². The van der Waals surface area contributed by atoms with E-state index in [1.54, 1.807) is 31.2 Å². The van der Waals surface area contributed by atoms with Crippen molar-refractivity contribution < 1.29 is 23.1 Å². The Kier molecular flexibility index (Phi) is 7.73. The van der Waals surface area contributed by atoms with Crippen molar-refractivity contribution in [2.45, 2.75) is 32.5 Å². The molecule has 160 valence electrons. The molecule has 0 aromatic heterocycles. The van der Waals surface area contributed by atoms with Crippen molar-refractivity contribution in [3.8, 4) is 0 Å². The van der Waals surface area contributed by atoms with Gasteiger partial charge in [-0.2, -0.15) is 0 Å². The van der Waals surface area contributed by atoms with E-state index in [0.29, 0.717) is 11.1 Å². The van der Waals surface area contributed by atoms with E-state index in [-0.39, 0.29) is 24.6 Å². The van der Waals surface area contributed by atoms with Crippen LogP contribution in [0, 0.1) is 17.0 Å². The number of amidine groups is 1. The van der Waals surface area contributed by atoms with Gasteiger partial charge in [-0.25, -0.2) is 8.78 Å². The lowest BCUT2D eigenvalue weighted by Gasteiger charge is -2.21. The maximum atomic E-state index is 15.0. The number of Topliss-reactive ketones (excluding diaryl/α,β-unsaturated/α-hetero) is 1. The van der Waals surface area contributed by atoms with Crippen molar-refractivity contribution in [3.05, 3.63) is 70.3 Å². The molecule has 0 radical (unpaired) electrons. The zero-order valence-electron chi connectivity index (χ0n) is 16.7. The van der Waals surface area contributed by atoms with Crippen LogP contribution in [0.2, 0.25) is 0 Å². The standard InChI is InChI=1S/C21H24F2N4O3/c1-3-30-19(16-15(22)9-8-14(17(16)23)18(24)11(2)28)21(29)27-10-12-4-6-13(7-5-12)20(25)26/h4-9,18-19H,3,10,24H2,1-2H3,(H3,25,26)(H,27,29). The van der Waals surface area contributed by atoms with Crippen molar-refractivity contribution in [1.29, 1.82) is 5.41 Å². The number of ether oxygens (including phenoxy) is 1. The Morgan fingerprint density at radius 3 is 2.33 bits per heavy atom. The van der Waals surface area contributed by atoms with Gasteiger partial charge in [0.1, 0.15) is 17.5 Å². The van der Waals surface area contributed by atoms with Crippen LogP contribution in [0.3, 0.4) is 0 Å². The first-order valence-corrected chi connectivity index (χ1v) is 9.23. The number of nitrogens with two attached hydrogens (primary N) is 2. The number of carbonyl (C=O) groups excluding carboxylic acids is 2. The van der Waals surface area contributed by atoms with Crippen LogP contribution in [0.15, 0.2) is 36.4 Å². The molecule has 0 saturated carbocycles. The average Bonchev–Trinajstić information content (AvgIpc) is 2.71. The largest absolute Gasteiger partial charge is 0.384 e. The number of rotatable bonds is 9. The summed E-state index contributed by atoms with van der Waals surface area (Å²) in [5.41, 5.74) is 11.5. The highest BCUT2D eigenvalue weighted by atomic mass is 19.1. The van der Waals surface area contributed by atoms with E-state index in [2.05, 4.69) is 5.32 Å². The lowest BCUT2D eigenvalue weighted by Crippen LogP contribution is -2.32. The molecule has 2 rings (SSSR count). The summed E-state index contributed by atoms with van der Waals surface area (Å²) in [6.07, 6.45) is -1.56. The van der Waals surface area contributed by atoms with Crippen LogP contribution in [-0.2, 0) is 20.9 Å². The van der Waals surface area contributed by atoms with Gasteiger partial charge in [-0.3, -0.25) is 15.0 Å². The number of halogens is 2. The van der Waals surface area contributed by atoms with Gasteiger partial charge in [-0.1, -0.05) is 30.3 Å². The summed E-state index contributed by atoms with van der Waals surface area (Å²) in [7, 11) is 0. The first kappa shape index (κ1) is 23.1. The molecule has 0 spiro atoms. The fourth-order valence-electron chi connectivity index (χ4n) is 2.83. The Morgan fingerprint density at radius 1 is 1.17 bits per heavy atom. The van der Waals surface area contributed by atoms with E-state index < -0.39 is 41.0 Å². The maximum Gasteiger partial charge on any atom is 0.254 e. The number of nitrogens with one attached hydrogen (secondary N) is 2.